The van der Waals surface area contributed by atoms with E-state index < -0.39 is 42.0 Å². The summed E-state index contributed by atoms with van der Waals surface area (Å²) in [5, 5.41) is 3.40. The van der Waals surface area contributed by atoms with Gasteiger partial charge in [-0.3, -0.25) is 4.90 Å². The van der Waals surface area contributed by atoms with E-state index in [1.807, 2.05) is 30.3 Å². The van der Waals surface area contributed by atoms with Crippen molar-refractivity contribution in [1.82, 2.24) is 10.2 Å². The van der Waals surface area contributed by atoms with Crippen LogP contribution in [-0.4, -0.2) is 42.9 Å². The van der Waals surface area contributed by atoms with Crippen LogP contribution in [0.5, 0.6) is 11.5 Å². The third-order valence-electron chi connectivity index (χ3n) is 9.62. The van der Waals surface area contributed by atoms with Crippen LogP contribution >= 0.6 is 0 Å². The molecular weight excluding hydrogens is 575 g/mol. The molecule has 3 aromatic rings. The number of fused-ring (bicyclic) bond motifs is 1. The van der Waals surface area contributed by atoms with Crippen molar-refractivity contribution in [3.05, 3.63) is 94.6 Å². The zero-order valence-electron chi connectivity index (χ0n) is 24.9. The quantitative estimate of drug-likeness (QED) is 0.273. The Labute approximate surface area is 255 Å². The third-order valence-corrected chi connectivity index (χ3v) is 9.62. The molecule has 2 heterocycles. The largest absolute Gasteiger partial charge is 0.490 e. The summed E-state index contributed by atoms with van der Waals surface area (Å²) < 4.78 is 85.4. The summed E-state index contributed by atoms with van der Waals surface area (Å²) in [6.07, 6.45) is 1.46. The Morgan fingerprint density at radius 2 is 1.66 bits per heavy atom. The lowest BCUT2D eigenvalue weighted by atomic mass is 9.67. The number of alkyl halides is 3. The topological polar surface area (TPSA) is 33.7 Å². The summed E-state index contributed by atoms with van der Waals surface area (Å²) in [6, 6.07) is 15.1. The molecule has 1 aliphatic carbocycles. The zero-order valence-corrected chi connectivity index (χ0v) is 24.9. The van der Waals surface area contributed by atoms with E-state index in [2.05, 4.69) is 5.32 Å². The molecule has 0 radical (unpaired) electrons. The van der Waals surface area contributed by atoms with Gasteiger partial charge in [0, 0.05) is 23.7 Å². The predicted molar refractivity (Wildman–Crippen MR) is 159 cm³/mol. The van der Waals surface area contributed by atoms with Crippen LogP contribution in [0.3, 0.4) is 0 Å². The van der Waals surface area contributed by atoms with Gasteiger partial charge in [-0.1, -0.05) is 36.4 Å². The molecule has 0 aromatic heterocycles. The van der Waals surface area contributed by atoms with E-state index in [1.54, 1.807) is 25.1 Å². The molecule has 44 heavy (non-hydrogen) atoms. The highest BCUT2D eigenvalue weighted by atomic mass is 19.4. The molecule has 1 N–H and O–H groups in total. The van der Waals surface area contributed by atoms with E-state index in [4.69, 9.17) is 9.47 Å². The van der Waals surface area contributed by atoms with Crippen LogP contribution in [0, 0.1) is 17.0 Å². The second kappa shape index (κ2) is 12.7. The molecule has 9 heteroatoms. The van der Waals surface area contributed by atoms with Gasteiger partial charge in [-0.15, -0.1) is 0 Å². The van der Waals surface area contributed by atoms with Crippen molar-refractivity contribution < 1.29 is 31.4 Å². The molecule has 1 saturated carbocycles. The van der Waals surface area contributed by atoms with Crippen molar-refractivity contribution in [2.75, 3.05) is 19.6 Å². The number of nitrogens with zero attached hydrogens (tertiary/aromatic N) is 1. The Morgan fingerprint density at radius 1 is 0.932 bits per heavy atom. The summed E-state index contributed by atoms with van der Waals surface area (Å²) in [5.74, 6) is -1.19. The van der Waals surface area contributed by atoms with Crippen molar-refractivity contribution in [3.63, 3.8) is 0 Å². The molecule has 4 nitrogen and oxygen atoms in total. The highest BCUT2D eigenvalue weighted by molar-refractivity contribution is 5.46. The van der Waals surface area contributed by atoms with Gasteiger partial charge in [0.25, 0.3) is 0 Å². The molecular formula is C35H39F5N2O2. The van der Waals surface area contributed by atoms with Gasteiger partial charge in [0.05, 0.1) is 18.7 Å². The molecule has 3 aliphatic rings. The molecule has 1 saturated heterocycles. The average molecular weight is 615 g/mol. The first-order chi connectivity index (χ1) is 21.1. The second-order valence-electron chi connectivity index (χ2n) is 12.8. The van der Waals surface area contributed by atoms with Gasteiger partial charge >= 0.3 is 6.18 Å². The molecule has 236 valence electrons. The Hall–Kier alpha value is -3.17. The number of ether oxygens (including phenoxy) is 2. The van der Waals surface area contributed by atoms with Gasteiger partial charge in [0.1, 0.15) is 29.7 Å². The molecule has 0 bridgehead atoms. The van der Waals surface area contributed by atoms with Gasteiger partial charge in [-0.05, 0) is 99.2 Å². The fraction of sp³-hybridized carbons (Fsp3) is 0.486. The number of hydrogen-bond acceptors (Lipinski definition) is 4. The van der Waals surface area contributed by atoms with Crippen molar-refractivity contribution in [2.45, 2.75) is 82.8 Å². The predicted octanol–water partition coefficient (Wildman–Crippen LogP) is 8.13. The Kier molecular flexibility index (Phi) is 8.88. The fourth-order valence-electron chi connectivity index (χ4n) is 7.49. The van der Waals surface area contributed by atoms with Crippen LogP contribution in [0.25, 0.3) is 0 Å². The van der Waals surface area contributed by atoms with E-state index in [9.17, 15) is 13.2 Å². The number of benzene rings is 3. The van der Waals surface area contributed by atoms with E-state index in [1.165, 1.54) is 0 Å². The number of rotatable bonds is 7. The van der Waals surface area contributed by atoms with Crippen LogP contribution in [0.2, 0.25) is 0 Å². The Morgan fingerprint density at radius 3 is 2.36 bits per heavy atom. The van der Waals surface area contributed by atoms with Crippen LogP contribution < -0.4 is 14.8 Å². The van der Waals surface area contributed by atoms with E-state index in [0.717, 1.165) is 74.2 Å². The second-order valence-corrected chi connectivity index (χ2v) is 12.8. The first-order valence-electron chi connectivity index (χ1n) is 15.6. The van der Waals surface area contributed by atoms with Crippen LogP contribution in [0.1, 0.15) is 73.7 Å². The van der Waals surface area contributed by atoms with Gasteiger partial charge < -0.3 is 14.8 Å². The maximum atomic E-state index is 16.0. The number of nitrogens with one attached hydrogen (secondary N) is 1. The first kappa shape index (κ1) is 30.8. The fourth-order valence-corrected chi connectivity index (χ4v) is 7.49. The highest BCUT2D eigenvalue weighted by Crippen LogP contribution is 2.46. The highest BCUT2D eigenvalue weighted by Gasteiger charge is 2.43. The van der Waals surface area contributed by atoms with Crippen molar-refractivity contribution in [1.29, 1.82) is 0 Å². The van der Waals surface area contributed by atoms with Crippen LogP contribution in [-0.2, 0) is 13.0 Å². The molecule has 0 amide bonds. The molecule has 2 aliphatic heterocycles. The summed E-state index contributed by atoms with van der Waals surface area (Å²) in [6.45, 7) is 2.61. The Bertz CT molecular complexity index is 1410. The average Bonchev–Trinajstić information content (AvgIpc) is 2.97. The Balaban J connectivity index is 1.29. The minimum absolute atomic E-state index is 0.0795. The van der Waals surface area contributed by atoms with Gasteiger partial charge in [0.2, 0.25) is 0 Å². The monoisotopic (exact) mass is 614 g/mol. The van der Waals surface area contributed by atoms with E-state index in [-0.39, 0.29) is 23.7 Å². The smallest absolute Gasteiger partial charge is 0.401 e. The lowest BCUT2D eigenvalue weighted by Gasteiger charge is -2.44. The molecule has 3 aromatic carbocycles. The molecule has 3 atom stereocenters. The maximum Gasteiger partial charge on any atom is 0.401 e. The SMILES string of the molecule is C[C@@H]1Cc2cc(OCc3ccccc3)ccc2C(c2c(F)cc(OC3CCCC4(CCNCC4)C3)cc2F)N1CC(F)(F)F. The summed E-state index contributed by atoms with van der Waals surface area (Å²) >= 11 is 0. The van der Waals surface area contributed by atoms with Gasteiger partial charge in [0.15, 0.2) is 0 Å². The molecule has 1 spiro atoms. The number of hydrogen-bond donors (Lipinski definition) is 1. The van der Waals surface area contributed by atoms with Crippen LogP contribution in [0.15, 0.2) is 60.7 Å². The minimum Gasteiger partial charge on any atom is -0.490 e. The minimum atomic E-state index is -4.55. The summed E-state index contributed by atoms with van der Waals surface area (Å²) in [5.41, 5.74) is 1.91. The van der Waals surface area contributed by atoms with Gasteiger partial charge in [-0.25, -0.2) is 8.78 Å². The first-order valence-corrected chi connectivity index (χ1v) is 15.6. The van der Waals surface area contributed by atoms with Crippen molar-refractivity contribution >= 4 is 0 Å². The standard InChI is InChI=1S/C35H39F5N2O2/c1-23-16-25-17-26(43-21-24-6-3-2-4-7-24)9-10-29(25)33(42(23)22-35(38,39)40)32-30(36)18-28(19-31(32)37)44-27-8-5-11-34(20-27)12-14-41-15-13-34/h2-4,6-7,9-10,17-19,23,27,33,41H,5,8,11-16,20-22H2,1H3/t23-,27?,33?/m1/s1. The van der Waals surface area contributed by atoms with Crippen molar-refractivity contribution in [2.24, 2.45) is 5.41 Å². The zero-order chi connectivity index (χ0) is 30.9. The number of piperidine rings is 1. The lowest BCUT2D eigenvalue weighted by molar-refractivity contribution is -0.155. The van der Waals surface area contributed by atoms with Crippen molar-refractivity contribution in [3.8, 4) is 11.5 Å². The van der Waals surface area contributed by atoms with E-state index >= 15 is 8.78 Å². The van der Waals surface area contributed by atoms with Gasteiger partial charge in [-0.2, -0.15) is 13.2 Å². The summed E-state index contributed by atoms with van der Waals surface area (Å²) in [7, 11) is 0. The molecule has 6 rings (SSSR count). The summed E-state index contributed by atoms with van der Waals surface area (Å²) in [4.78, 5) is 1.15. The normalized spacial score (nSPS) is 23.7. The maximum absolute atomic E-state index is 16.0. The van der Waals surface area contributed by atoms with E-state index in [0.29, 0.717) is 23.5 Å². The molecule has 2 unspecified atom stereocenters. The molecule has 2 fully saturated rings. The third kappa shape index (κ3) is 6.89. The van der Waals surface area contributed by atoms with Crippen LogP contribution in [0.4, 0.5) is 22.0 Å². The lowest BCUT2D eigenvalue weighted by Crippen LogP contribution is -2.47. The number of halogens is 5.